The Hall–Kier alpha value is -3.25. The van der Waals surface area contributed by atoms with E-state index in [9.17, 15) is 14.3 Å². The number of aromatic nitrogens is 1. The molecule has 0 aliphatic carbocycles. The number of rotatable bonds is 8. The molecule has 31 heavy (non-hydrogen) atoms. The zero-order valence-electron chi connectivity index (χ0n) is 18.0. The van der Waals surface area contributed by atoms with E-state index in [4.69, 9.17) is 4.74 Å². The number of carbonyl (C=O) groups excluding carboxylic acids is 1. The Morgan fingerprint density at radius 2 is 2.00 bits per heavy atom. The first-order valence-electron chi connectivity index (χ1n) is 10.2. The van der Waals surface area contributed by atoms with Crippen LogP contribution in [0.1, 0.15) is 40.9 Å². The predicted octanol–water partition coefficient (Wildman–Crippen LogP) is 4.65. The Morgan fingerprint density at radius 3 is 2.71 bits per heavy atom. The van der Waals surface area contributed by atoms with Crippen molar-refractivity contribution in [2.45, 2.75) is 33.9 Å². The van der Waals surface area contributed by atoms with Crippen molar-refractivity contribution in [1.82, 2.24) is 10.3 Å². The standard InChI is InChI=1S/C25H27FN2O3/c1-16(2)15-31-24-7-6-19(22-13-27-9-8-20(22)14-29)11-21(24)25(30)28-12-18-5-4-17(3)23(26)10-18/h4-11,13,16,29H,12,14-15H2,1-3H3,(H,28,30). The highest BCUT2D eigenvalue weighted by Crippen LogP contribution is 2.29. The summed E-state index contributed by atoms with van der Waals surface area (Å²) >= 11 is 0. The summed E-state index contributed by atoms with van der Waals surface area (Å²) < 4.78 is 19.7. The fraction of sp³-hybridized carbons (Fsp3) is 0.280. The molecule has 0 spiro atoms. The van der Waals surface area contributed by atoms with Crippen molar-refractivity contribution in [3.8, 4) is 16.9 Å². The van der Waals surface area contributed by atoms with Crippen LogP contribution in [0.25, 0.3) is 11.1 Å². The number of amides is 1. The third-order valence-electron chi connectivity index (χ3n) is 4.88. The normalized spacial score (nSPS) is 10.9. The number of benzene rings is 2. The average molecular weight is 423 g/mol. The van der Waals surface area contributed by atoms with Crippen LogP contribution >= 0.6 is 0 Å². The van der Waals surface area contributed by atoms with Crippen molar-refractivity contribution < 1.29 is 19.0 Å². The van der Waals surface area contributed by atoms with E-state index < -0.39 is 0 Å². The first-order valence-corrected chi connectivity index (χ1v) is 10.2. The molecule has 2 aromatic carbocycles. The summed E-state index contributed by atoms with van der Waals surface area (Å²) in [5.41, 5.74) is 3.82. The number of aryl methyl sites for hydroxylation is 1. The van der Waals surface area contributed by atoms with Gasteiger partial charge >= 0.3 is 0 Å². The highest BCUT2D eigenvalue weighted by Gasteiger charge is 2.16. The molecule has 0 saturated carbocycles. The summed E-state index contributed by atoms with van der Waals surface area (Å²) in [7, 11) is 0. The lowest BCUT2D eigenvalue weighted by Gasteiger charge is -2.16. The zero-order chi connectivity index (χ0) is 22.4. The van der Waals surface area contributed by atoms with Gasteiger partial charge < -0.3 is 15.2 Å². The van der Waals surface area contributed by atoms with Crippen molar-refractivity contribution >= 4 is 5.91 Å². The number of nitrogens with zero attached hydrogens (tertiary/aromatic N) is 1. The minimum atomic E-state index is -0.323. The molecule has 1 amide bonds. The summed E-state index contributed by atoms with van der Waals surface area (Å²) in [6.45, 7) is 6.28. The molecule has 0 radical (unpaired) electrons. The summed E-state index contributed by atoms with van der Waals surface area (Å²) in [6.07, 6.45) is 3.27. The second-order valence-electron chi connectivity index (χ2n) is 7.87. The van der Waals surface area contributed by atoms with Gasteiger partial charge in [-0.25, -0.2) is 4.39 Å². The summed E-state index contributed by atoms with van der Waals surface area (Å²) in [6, 6.07) is 12.0. The average Bonchev–Trinajstić information content (AvgIpc) is 2.78. The van der Waals surface area contributed by atoms with E-state index in [1.54, 1.807) is 49.6 Å². The number of hydrogen-bond donors (Lipinski definition) is 2. The molecular formula is C25H27FN2O3. The van der Waals surface area contributed by atoms with Crippen LogP contribution in [-0.2, 0) is 13.2 Å². The van der Waals surface area contributed by atoms with Gasteiger partial charge in [0.25, 0.3) is 5.91 Å². The van der Waals surface area contributed by atoms with Gasteiger partial charge in [-0.1, -0.05) is 32.0 Å². The van der Waals surface area contributed by atoms with Gasteiger partial charge in [-0.05, 0) is 59.4 Å². The van der Waals surface area contributed by atoms with Crippen LogP contribution in [0.2, 0.25) is 0 Å². The minimum absolute atomic E-state index is 0.135. The van der Waals surface area contributed by atoms with Gasteiger partial charge in [0, 0.05) is 24.5 Å². The third kappa shape index (κ3) is 5.67. The van der Waals surface area contributed by atoms with Crippen LogP contribution < -0.4 is 10.1 Å². The van der Waals surface area contributed by atoms with Gasteiger partial charge in [-0.2, -0.15) is 0 Å². The molecule has 0 fully saturated rings. The molecule has 0 atom stereocenters. The number of halogens is 1. The maximum absolute atomic E-state index is 13.8. The molecule has 6 heteroatoms. The Kier molecular flexibility index (Phi) is 7.36. The molecule has 0 unspecified atom stereocenters. The highest BCUT2D eigenvalue weighted by molar-refractivity contribution is 5.98. The van der Waals surface area contributed by atoms with E-state index in [0.29, 0.717) is 40.5 Å². The number of hydrogen-bond acceptors (Lipinski definition) is 4. The lowest BCUT2D eigenvalue weighted by atomic mass is 9.99. The fourth-order valence-corrected chi connectivity index (χ4v) is 3.10. The zero-order valence-corrected chi connectivity index (χ0v) is 18.0. The van der Waals surface area contributed by atoms with Crippen molar-refractivity contribution in [2.24, 2.45) is 5.92 Å². The van der Waals surface area contributed by atoms with E-state index in [1.807, 2.05) is 19.9 Å². The third-order valence-corrected chi connectivity index (χ3v) is 4.88. The predicted molar refractivity (Wildman–Crippen MR) is 118 cm³/mol. The number of aliphatic hydroxyl groups excluding tert-OH is 1. The number of nitrogens with one attached hydrogen (secondary N) is 1. The van der Waals surface area contributed by atoms with Crippen molar-refractivity contribution in [2.75, 3.05) is 6.61 Å². The highest BCUT2D eigenvalue weighted by atomic mass is 19.1. The largest absolute Gasteiger partial charge is 0.492 e. The minimum Gasteiger partial charge on any atom is -0.492 e. The van der Waals surface area contributed by atoms with Crippen LogP contribution in [0.4, 0.5) is 4.39 Å². The Morgan fingerprint density at radius 1 is 1.19 bits per heavy atom. The summed E-state index contributed by atoms with van der Waals surface area (Å²) in [5.74, 6) is 0.142. The maximum Gasteiger partial charge on any atom is 0.255 e. The molecule has 1 aromatic heterocycles. The lowest BCUT2D eigenvalue weighted by Crippen LogP contribution is -2.24. The van der Waals surface area contributed by atoms with Crippen molar-refractivity contribution in [1.29, 1.82) is 0 Å². The Bertz CT molecular complexity index is 1070. The molecule has 0 bridgehead atoms. The smallest absolute Gasteiger partial charge is 0.255 e. The van der Waals surface area contributed by atoms with Crippen LogP contribution in [0.3, 0.4) is 0 Å². The molecule has 3 rings (SSSR count). The molecule has 2 N–H and O–H groups in total. The molecule has 5 nitrogen and oxygen atoms in total. The fourth-order valence-electron chi connectivity index (χ4n) is 3.10. The number of carbonyl (C=O) groups is 1. The topological polar surface area (TPSA) is 71.5 Å². The van der Waals surface area contributed by atoms with Gasteiger partial charge in [0.05, 0.1) is 18.8 Å². The Labute approximate surface area is 181 Å². The monoisotopic (exact) mass is 422 g/mol. The quantitative estimate of drug-likeness (QED) is 0.554. The second-order valence-corrected chi connectivity index (χ2v) is 7.87. The lowest BCUT2D eigenvalue weighted by molar-refractivity contribution is 0.0946. The van der Waals surface area contributed by atoms with Crippen molar-refractivity contribution in [3.63, 3.8) is 0 Å². The second kappa shape index (κ2) is 10.2. The molecule has 162 valence electrons. The molecule has 1 heterocycles. The van der Waals surface area contributed by atoms with E-state index in [-0.39, 0.29) is 24.9 Å². The number of pyridine rings is 1. The van der Waals surface area contributed by atoms with Gasteiger partial charge in [-0.15, -0.1) is 0 Å². The van der Waals surface area contributed by atoms with Crippen LogP contribution in [0.15, 0.2) is 54.9 Å². The van der Waals surface area contributed by atoms with Crippen molar-refractivity contribution in [3.05, 3.63) is 82.9 Å². The first kappa shape index (κ1) is 22.4. The van der Waals surface area contributed by atoms with E-state index in [1.165, 1.54) is 6.07 Å². The number of aliphatic hydroxyl groups is 1. The van der Waals surface area contributed by atoms with E-state index >= 15 is 0 Å². The molecular weight excluding hydrogens is 395 g/mol. The van der Waals surface area contributed by atoms with E-state index in [2.05, 4.69) is 10.3 Å². The molecule has 0 aliphatic rings. The van der Waals surface area contributed by atoms with Gasteiger partial charge in [0.15, 0.2) is 0 Å². The summed E-state index contributed by atoms with van der Waals surface area (Å²) in [4.78, 5) is 17.2. The molecule has 0 saturated heterocycles. The summed E-state index contributed by atoms with van der Waals surface area (Å²) in [5, 5.41) is 12.5. The molecule has 0 aliphatic heterocycles. The van der Waals surface area contributed by atoms with E-state index in [0.717, 1.165) is 11.1 Å². The van der Waals surface area contributed by atoms with Crippen LogP contribution in [0.5, 0.6) is 5.75 Å². The SMILES string of the molecule is Cc1ccc(CNC(=O)c2cc(-c3cnccc3CO)ccc2OCC(C)C)cc1F. The van der Waals surface area contributed by atoms with Gasteiger partial charge in [0.1, 0.15) is 11.6 Å². The maximum atomic E-state index is 13.8. The Balaban J connectivity index is 1.90. The first-order chi connectivity index (χ1) is 14.9. The van der Waals surface area contributed by atoms with Gasteiger partial charge in [0.2, 0.25) is 0 Å². The van der Waals surface area contributed by atoms with Gasteiger partial charge in [-0.3, -0.25) is 9.78 Å². The number of ether oxygens (including phenoxy) is 1. The van der Waals surface area contributed by atoms with Crippen LogP contribution in [-0.4, -0.2) is 22.6 Å². The van der Waals surface area contributed by atoms with Crippen LogP contribution in [0, 0.1) is 18.7 Å². The molecule has 3 aromatic rings.